The van der Waals surface area contributed by atoms with Crippen molar-refractivity contribution in [3.8, 4) is 16.8 Å². The summed E-state index contributed by atoms with van der Waals surface area (Å²) in [7, 11) is 0. The lowest BCUT2D eigenvalue weighted by atomic mass is 9.82. The topological polar surface area (TPSA) is 21.3 Å². The Morgan fingerprint density at radius 1 is 0.685 bits per heavy atom. The third-order valence-electron chi connectivity index (χ3n) is 11.9. The van der Waals surface area contributed by atoms with Gasteiger partial charge in [-0.1, -0.05) is 98.8 Å². The van der Waals surface area contributed by atoms with Gasteiger partial charge >= 0.3 is 0 Å². The maximum Gasteiger partial charge on any atom is 0.135 e. The largest absolute Gasteiger partial charge is 0.456 e. The maximum absolute atomic E-state index is 6.28. The quantitative estimate of drug-likeness (QED) is 0.180. The van der Waals surface area contributed by atoms with Gasteiger partial charge in [0.1, 0.15) is 11.2 Å². The molecule has 2 aliphatic carbocycles. The highest BCUT2D eigenvalue weighted by Gasteiger charge is 2.37. The second kappa shape index (κ2) is 11.1. The first-order valence-corrected chi connectivity index (χ1v) is 20.4. The van der Waals surface area contributed by atoms with Gasteiger partial charge in [0.25, 0.3) is 0 Å². The van der Waals surface area contributed by atoms with E-state index in [9.17, 15) is 0 Å². The number of aromatic nitrogens is 1. The fraction of sp³-hybridized carbons (Fsp3) is 0.102. The Morgan fingerprint density at radius 3 is 2.31 bits per heavy atom. The zero-order valence-electron chi connectivity index (χ0n) is 29.8. The molecule has 258 valence electrons. The second-order valence-corrected chi connectivity index (χ2v) is 17.5. The van der Waals surface area contributed by atoms with Gasteiger partial charge in [0.05, 0.1) is 20.8 Å². The number of hydrogen-bond donors (Lipinski definition) is 0. The SMILES string of the molecule is CC1(C)c2ccccc2-c2cc(N(c3ccc(-n4c5c(c6sc7ccccc7c64)SC4CC=CC=C54)cc3)c3ccc4oc5ccccc5c4c3)ccc21. The number of para-hydroxylation sites is 1. The highest BCUT2D eigenvalue weighted by Crippen LogP contribution is 2.56. The number of allylic oxidation sites excluding steroid dienone is 3. The fourth-order valence-electron chi connectivity index (χ4n) is 9.35. The number of benzene rings is 6. The summed E-state index contributed by atoms with van der Waals surface area (Å²) in [4.78, 5) is 3.84. The van der Waals surface area contributed by atoms with Crippen LogP contribution in [0.15, 0.2) is 161 Å². The minimum atomic E-state index is -0.0550. The van der Waals surface area contributed by atoms with Crippen LogP contribution in [-0.4, -0.2) is 9.82 Å². The number of furan rings is 1. The molecule has 0 N–H and O–H groups in total. The third kappa shape index (κ3) is 4.19. The van der Waals surface area contributed by atoms with Crippen LogP contribution in [0.4, 0.5) is 17.1 Å². The van der Waals surface area contributed by atoms with Crippen molar-refractivity contribution in [3.05, 3.63) is 169 Å². The molecule has 0 spiro atoms. The number of thioether (sulfide) groups is 1. The average molecular weight is 731 g/mol. The predicted octanol–water partition coefficient (Wildman–Crippen LogP) is 14.3. The Hall–Kier alpha value is -5.75. The lowest BCUT2D eigenvalue weighted by Crippen LogP contribution is -2.15. The molecule has 0 bridgehead atoms. The molecular weight excluding hydrogens is 697 g/mol. The molecule has 1 aliphatic heterocycles. The summed E-state index contributed by atoms with van der Waals surface area (Å²) in [6.07, 6.45) is 7.96. The molecule has 5 heteroatoms. The number of rotatable bonds is 4. The minimum Gasteiger partial charge on any atom is -0.456 e. The van der Waals surface area contributed by atoms with E-state index < -0.39 is 0 Å². The van der Waals surface area contributed by atoms with Crippen molar-refractivity contribution < 1.29 is 4.42 Å². The molecule has 0 amide bonds. The summed E-state index contributed by atoms with van der Waals surface area (Å²) in [5.41, 5.74) is 15.8. The maximum atomic E-state index is 6.28. The molecule has 54 heavy (non-hydrogen) atoms. The van der Waals surface area contributed by atoms with Crippen LogP contribution in [0.5, 0.6) is 0 Å². The molecule has 1 atom stereocenters. The van der Waals surface area contributed by atoms with Crippen molar-refractivity contribution >= 4 is 88.0 Å². The summed E-state index contributed by atoms with van der Waals surface area (Å²) in [6.45, 7) is 4.69. The molecule has 1 unspecified atom stereocenters. The number of anilines is 3. The Morgan fingerprint density at radius 2 is 1.41 bits per heavy atom. The zero-order chi connectivity index (χ0) is 35.7. The number of nitrogens with zero attached hydrogens (tertiary/aromatic N) is 2. The first-order chi connectivity index (χ1) is 26.5. The van der Waals surface area contributed by atoms with E-state index in [2.05, 4.69) is 169 Å². The van der Waals surface area contributed by atoms with Crippen molar-refractivity contribution in [1.29, 1.82) is 0 Å². The molecule has 0 saturated heterocycles. The van der Waals surface area contributed by atoms with Crippen molar-refractivity contribution in [3.63, 3.8) is 0 Å². The molecule has 9 aromatic rings. The lowest BCUT2D eigenvalue weighted by Gasteiger charge is -2.27. The van der Waals surface area contributed by atoms with Gasteiger partial charge < -0.3 is 13.9 Å². The molecule has 3 aliphatic rings. The van der Waals surface area contributed by atoms with E-state index >= 15 is 0 Å². The summed E-state index contributed by atoms with van der Waals surface area (Å²) in [5.74, 6) is 0. The van der Waals surface area contributed by atoms with Crippen LogP contribution in [0.3, 0.4) is 0 Å². The van der Waals surface area contributed by atoms with E-state index in [1.165, 1.54) is 64.4 Å². The van der Waals surface area contributed by atoms with E-state index in [-0.39, 0.29) is 5.41 Å². The first-order valence-electron chi connectivity index (χ1n) is 18.7. The highest BCUT2D eigenvalue weighted by molar-refractivity contribution is 8.01. The molecule has 3 aromatic heterocycles. The smallest absolute Gasteiger partial charge is 0.135 e. The molecule has 0 saturated carbocycles. The molecule has 4 heterocycles. The molecule has 0 fully saturated rings. The van der Waals surface area contributed by atoms with Crippen molar-refractivity contribution in [2.24, 2.45) is 0 Å². The van der Waals surface area contributed by atoms with Gasteiger partial charge in [-0.3, -0.25) is 0 Å². The van der Waals surface area contributed by atoms with Gasteiger partial charge in [0, 0.05) is 54.3 Å². The van der Waals surface area contributed by atoms with E-state index in [4.69, 9.17) is 4.42 Å². The second-order valence-electron chi connectivity index (χ2n) is 15.2. The first kappa shape index (κ1) is 30.7. The molecule has 6 aromatic carbocycles. The van der Waals surface area contributed by atoms with Gasteiger partial charge in [-0.15, -0.1) is 23.1 Å². The van der Waals surface area contributed by atoms with Crippen LogP contribution in [0, 0.1) is 0 Å². The van der Waals surface area contributed by atoms with E-state index in [0.717, 1.165) is 45.4 Å². The van der Waals surface area contributed by atoms with Crippen LogP contribution in [-0.2, 0) is 5.41 Å². The van der Waals surface area contributed by atoms with Crippen LogP contribution in [0.1, 0.15) is 37.1 Å². The zero-order valence-corrected chi connectivity index (χ0v) is 31.5. The van der Waals surface area contributed by atoms with Crippen molar-refractivity contribution in [1.82, 2.24) is 4.57 Å². The highest BCUT2D eigenvalue weighted by atomic mass is 32.2. The Bertz CT molecular complexity index is 3100. The minimum absolute atomic E-state index is 0.0550. The number of thiophene rings is 1. The molecule has 12 rings (SSSR count). The molecular formula is C49H34N2OS2. The van der Waals surface area contributed by atoms with Gasteiger partial charge in [0.2, 0.25) is 0 Å². The van der Waals surface area contributed by atoms with E-state index in [1.807, 2.05) is 29.2 Å². The van der Waals surface area contributed by atoms with Gasteiger partial charge in [-0.2, -0.15) is 0 Å². The van der Waals surface area contributed by atoms with Crippen LogP contribution >= 0.6 is 23.1 Å². The molecule has 0 radical (unpaired) electrons. The van der Waals surface area contributed by atoms with Gasteiger partial charge in [0.15, 0.2) is 0 Å². The summed E-state index contributed by atoms with van der Waals surface area (Å²) in [6, 6.07) is 49.0. The number of fused-ring (bicyclic) bond motifs is 13. The molecule has 3 nitrogen and oxygen atoms in total. The predicted molar refractivity (Wildman–Crippen MR) is 230 cm³/mol. The van der Waals surface area contributed by atoms with Crippen LogP contribution in [0.2, 0.25) is 0 Å². The lowest BCUT2D eigenvalue weighted by molar-refractivity contribution is 0.660. The van der Waals surface area contributed by atoms with Crippen molar-refractivity contribution in [2.45, 2.75) is 35.8 Å². The Kier molecular flexibility index (Phi) is 6.33. The van der Waals surface area contributed by atoms with E-state index in [1.54, 1.807) is 0 Å². The average Bonchev–Trinajstić information content (AvgIpc) is 3.99. The van der Waals surface area contributed by atoms with Crippen molar-refractivity contribution in [2.75, 3.05) is 4.90 Å². The normalized spacial score (nSPS) is 16.6. The van der Waals surface area contributed by atoms with E-state index in [0.29, 0.717) is 5.25 Å². The fourth-order valence-corrected chi connectivity index (χ4v) is 12.1. The summed E-state index contributed by atoms with van der Waals surface area (Å²) >= 11 is 3.98. The van der Waals surface area contributed by atoms with Crippen LogP contribution in [0.25, 0.3) is 64.6 Å². The summed E-state index contributed by atoms with van der Waals surface area (Å²) < 4.78 is 11.6. The van der Waals surface area contributed by atoms with Gasteiger partial charge in [-0.25, -0.2) is 0 Å². The van der Waals surface area contributed by atoms with Crippen LogP contribution < -0.4 is 4.90 Å². The standard InChI is InChI=1S/C49H34N2OS2/c1-49(2)39-15-7-3-11-33(39)37-27-31(23-25-40(37)49)50(32-24-26-42-38(28-32)34-12-4-8-16-41(34)52-42)29-19-21-30(22-20-29)51-45-35-13-5-9-17-43(35)53-47(45)48-46(51)36-14-6-10-18-44(36)54-48/h3-17,19-28,44H,18H2,1-2H3. The Labute approximate surface area is 321 Å². The number of hydrogen-bond acceptors (Lipinski definition) is 4. The monoisotopic (exact) mass is 730 g/mol. The van der Waals surface area contributed by atoms with Gasteiger partial charge in [-0.05, 0) is 101 Å². The summed E-state index contributed by atoms with van der Waals surface area (Å²) in [5, 5.41) is 4.04. The third-order valence-corrected chi connectivity index (χ3v) is 14.6. The Balaban J connectivity index is 1.06.